The molecule has 0 radical (unpaired) electrons. The molecule has 2 aliphatic heterocycles. The van der Waals surface area contributed by atoms with Gasteiger partial charge in [0.2, 0.25) is 0 Å². The molecule has 6 nitrogen and oxygen atoms in total. The monoisotopic (exact) mass is 237 g/mol. The second kappa shape index (κ2) is 3.08. The van der Waals surface area contributed by atoms with Crippen LogP contribution in [0.25, 0.3) is 0 Å². The maximum atomic E-state index is 11.5. The first-order valence-corrected chi connectivity index (χ1v) is 5.61. The second-order valence-corrected chi connectivity index (χ2v) is 5.15. The van der Waals surface area contributed by atoms with Gasteiger partial charge >= 0.3 is 5.97 Å². The summed E-state index contributed by atoms with van der Waals surface area (Å²) < 4.78 is 7.53. The molecule has 1 aromatic heterocycles. The van der Waals surface area contributed by atoms with E-state index in [4.69, 9.17) is 10.5 Å². The van der Waals surface area contributed by atoms with Crippen LogP contribution in [0.1, 0.15) is 24.5 Å². The number of hydrogen-bond acceptors (Lipinski definition) is 4. The molecular formula is C11H15N3O3. The Kier molecular flexibility index (Phi) is 1.95. The molecule has 1 atom stereocenters. The third-order valence-corrected chi connectivity index (χ3v) is 3.97. The Morgan fingerprint density at radius 2 is 2.47 bits per heavy atom. The van der Waals surface area contributed by atoms with E-state index < -0.39 is 23.1 Å². The Morgan fingerprint density at radius 3 is 2.94 bits per heavy atom. The lowest BCUT2D eigenvalue weighted by Crippen LogP contribution is -2.52. The zero-order valence-electron chi connectivity index (χ0n) is 9.59. The van der Waals surface area contributed by atoms with E-state index in [1.54, 1.807) is 24.1 Å². The van der Waals surface area contributed by atoms with Gasteiger partial charge in [-0.25, -0.2) is 0 Å². The number of aromatic nitrogens is 2. The molecular weight excluding hydrogens is 222 g/mol. The van der Waals surface area contributed by atoms with E-state index in [2.05, 4.69) is 5.10 Å². The van der Waals surface area contributed by atoms with Gasteiger partial charge in [-0.1, -0.05) is 0 Å². The predicted octanol–water partition coefficient (Wildman–Crippen LogP) is 0.0537. The highest BCUT2D eigenvalue weighted by atomic mass is 16.5. The van der Waals surface area contributed by atoms with Crippen LogP contribution in [0.2, 0.25) is 0 Å². The van der Waals surface area contributed by atoms with Crippen molar-refractivity contribution in [2.24, 2.45) is 18.2 Å². The number of fused-ring (bicyclic) bond motifs is 1. The molecule has 0 amide bonds. The van der Waals surface area contributed by atoms with Gasteiger partial charge in [0.15, 0.2) is 0 Å². The summed E-state index contributed by atoms with van der Waals surface area (Å²) in [5, 5.41) is 13.5. The van der Waals surface area contributed by atoms with Crippen molar-refractivity contribution in [3.63, 3.8) is 0 Å². The van der Waals surface area contributed by atoms with Crippen LogP contribution in [-0.2, 0) is 16.6 Å². The van der Waals surface area contributed by atoms with E-state index in [0.29, 0.717) is 19.4 Å². The molecule has 17 heavy (non-hydrogen) atoms. The number of carbonyl (C=O) groups is 1. The summed E-state index contributed by atoms with van der Waals surface area (Å²) in [6.45, 7) is 0.374. The fourth-order valence-corrected chi connectivity index (χ4v) is 3.15. The molecule has 3 heterocycles. The molecule has 1 saturated carbocycles. The molecule has 3 fully saturated rings. The van der Waals surface area contributed by atoms with E-state index in [1.165, 1.54) is 0 Å². The molecule has 6 heteroatoms. The minimum atomic E-state index is -0.803. The fourth-order valence-electron chi connectivity index (χ4n) is 3.15. The normalized spacial score (nSPS) is 39.1. The fraction of sp³-hybridized carbons (Fsp3) is 0.636. The number of carboxylic acid groups (broad SMARTS) is 1. The Bertz CT molecular complexity index is 476. The smallest absolute Gasteiger partial charge is 0.312 e. The molecule has 4 rings (SSSR count). The Hall–Kier alpha value is -1.40. The highest BCUT2D eigenvalue weighted by Gasteiger charge is 2.71. The number of aliphatic carboxylic acids is 1. The van der Waals surface area contributed by atoms with Crippen LogP contribution in [0.5, 0.6) is 0 Å². The van der Waals surface area contributed by atoms with Crippen LogP contribution in [-0.4, -0.2) is 33.0 Å². The number of nitrogens with two attached hydrogens (primary N) is 1. The molecule has 2 saturated heterocycles. The minimum absolute atomic E-state index is 0.374. The highest BCUT2D eigenvalue weighted by Crippen LogP contribution is 2.66. The van der Waals surface area contributed by atoms with Gasteiger partial charge < -0.3 is 15.6 Å². The topological polar surface area (TPSA) is 90.4 Å². The van der Waals surface area contributed by atoms with Crippen molar-refractivity contribution in [3.8, 4) is 0 Å². The summed E-state index contributed by atoms with van der Waals surface area (Å²) in [5.74, 6) is -0.798. The first-order valence-electron chi connectivity index (χ1n) is 5.61. The standard InChI is InChI=1S/C11H15N3O3/c1-14-3-7(2-13-14)8-11(9(15)16)4-10(5-11,6-12)17-8/h2-3,8H,4-6,12H2,1H3,(H,15,16). The van der Waals surface area contributed by atoms with Crippen molar-refractivity contribution >= 4 is 5.97 Å². The largest absolute Gasteiger partial charge is 0.481 e. The van der Waals surface area contributed by atoms with E-state index in [-0.39, 0.29) is 0 Å². The third kappa shape index (κ3) is 1.22. The molecule has 3 aliphatic rings. The van der Waals surface area contributed by atoms with Crippen LogP contribution < -0.4 is 5.73 Å². The van der Waals surface area contributed by atoms with Crippen molar-refractivity contribution in [1.82, 2.24) is 9.78 Å². The van der Waals surface area contributed by atoms with Gasteiger partial charge in [0.25, 0.3) is 0 Å². The van der Waals surface area contributed by atoms with E-state index in [0.717, 1.165) is 5.56 Å². The Balaban J connectivity index is 1.98. The Morgan fingerprint density at radius 1 is 1.76 bits per heavy atom. The average molecular weight is 237 g/mol. The predicted molar refractivity (Wildman–Crippen MR) is 58.1 cm³/mol. The van der Waals surface area contributed by atoms with Crippen molar-refractivity contribution in [1.29, 1.82) is 0 Å². The maximum absolute atomic E-state index is 11.5. The molecule has 2 bridgehead atoms. The zero-order chi connectivity index (χ0) is 12.3. The van der Waals surface area contributed by atoms with Crippen molar-refractivity contribution in [3.05, 3.63) is 18.0 Å². The summed E-state index contributed by atoms with van der Waals surface area (Å²) in [6.07, 6.45) is 4.06. The quantitative estimate of drug-likeness (QED) is 0.775. The van der Waals surface area contributed by atoms with Crippen LogP contribution in [0, 0.1) is 5.41 Å². The SMILES string of the molecule is Cn1cc(C2OC3(CN)CC2(C(=O)O)C3)cn1. The second-order valence-electron chi connectivity index (χ2n) is 5.15. The lowest BCUT2D eigenvalue weighted by Gasteiger charge is -2.41. The molecule has 1 unspecified atom stereocenters. The molecule has 3 N–H and O–H groups in total. The number of nitrogens with zero attached hydrogens (tertiary/aromatic N) is 2. The molecule has 1 aliphatic carbocycles. The number of hydrogen-bond donors (Lipinski definition) is 2. The van der Waals surface area contributed by atoms with E-state index in [9.17, 15) is 9.90 Å². The molecule has 1 aromatic rings. The molecule has 92 valence electrons. The van der Waals surface area contributed by atoms with Gasteiger partial charge in [-0.05, 0) is 12.8 Å². The van der Waals surface area contributed by atoms with Crippen molar-refractivity contribution < 1.29 is 14.6 Å². The van der Waals surface area contributed by atoms with Crippen LogP contribution in [0.4, 0.5) is 0 Å². The lowest BCUT2D eigenvalue weighted by molar-refractivity contribution is -0.154. The first-order chi connectivity index (χ1) is 8.01. The number of ether oxygens (including phenoxy) is 1. The van der Waals surface area contributed by atoms with Crippen LogP contribution >= 0.6 is 0 Å². The molecule has 0 spiro atoms. The lowest BCUT2D eigenvalue weighted by atomic mass is 9.59. The van der Waals surface area contributed by atoms with Crippen molar-refractivity contribution in [2.45, 2.75) is 24.5 Å². The maximum Gasteiger partial charge on any atom is 0.312 e. The molecule has 0 aromatic carbocycles. The number of carboxylic acids is 1. The summed E-state index contributed by atoms with van der Waals surface area (Å²) >= 11 is 0. The van der Waals surface area contributed by atoms with Crippen LogP contribution in [0.3, 0.4) is 0 Å². The summed E-state index contributed by atoms with van der Waals surface area (Å²) in [7, 11) is 1.80. The van der Waals surface area contributed by atoms with Gasteiger partial charge in [-0.2, -0.15) is 5.10 Å². The van der Waals surface area contributed by atoms with E-state index >= 15 is 0 Å². The van der Waals surface area contributed by atoms with Crippen LogP contribution in [0.15, 0.2) is 12.4 Å². The van der Waals surface area contributed by atoms with E-state index in [1.807, 2.05) is 0 Å². The average Bonchev–Trinajstić information content (AvgIpc) is 2.85. The minimum Gasteiger partial charge on any atom is -0.481 e. The zero-order valence-corrected chi connectivity index (χ0v) is 9.59. The van der Waals surface area contributed by atoms with Crippen molar-refractivity contribution in [2.75, 3.05) is 6.54 Å². The third-order valence-electron chi connectivity index (χ3n) is 3.97. The summed E-state index contributed by atoms with van der Waals surface area (Å²) in [6, 6.07) is 0. The first kappa shape index (κ1) is 10.7. The highest BCUT2D eigenvalue weighted by molar-refractivity contribution is 5.79. The van der Waals surface area contributed by atoms with Gasteiger partial charge in [0.05, 0.1) is 11.8 Å². The van der Waals surface area contributed by atoms with Gasteiger partial charge in [0, 0.05) is 25.4 Å². The van der Waals surface area contributed by atoms with Gasteiger partial charge in [0.1, 0.15) is 11.5 Å². The van der Waals surface area contributed by atoms with Gasteiger partial charge in [-0.3, -0.25) is 9.48 Å². The van der Waals surface area contributed by atoms with Gasteiger partial charge in [-0.15, -0.1) is 0 Å². The Labute approximate surface area is 98.4 Å². The summed E-state index contributed by atoms with van der Waals surface area (Å²) in [5.41, 5.74) is 5.26. The summed E-state index contributed by atoms with van der Waals surface area (Å²) in [4.78, 5) is 11.5. The number of rotatable bonds is 3. The number of aryl methyl sites for hydroxylation is 1.